The van der Waals surface area contributed by atoms with E-state index in [1.54, 1.807) is 0 Å². The Bertz CT molecular complexity index is 381. The van der Waals surface area contributed by atoms with Gasteiger partial charge in [-0.3, -0.25) is 0 Å². The molecule has 2 fully saturated rings. The van der Waals surface area contributed by atoms with E-state index in [4.69, 9.17) is 0 Å². The first kappa shape index (κ1) is 12.2. The van der Waals surface area contributed by atoms with Crippen LogP contribution in [0.25, 0.3) is 0 Å². The Morgan fingerprint density at radius 1 is 1.33 bits per heavy atom. The van der Waals surface area contributed by atoms with Crippen LogP contribution >= 0.6 is 0 Å². The van der Waals surface area contributed by atoms with E-state index >= 15 is 0 Å². The van der Waals surface area contributed by atoms with E-state index in [-0.39, 0.29) is 0 Å². The molecular formula is C15H25N3. The van der Waals surface area contributed by atoms with E-state index in [2.05, 4.69) is 40.0 Å². The van der Waals surface area contributed by atoms with Crippen molar-refractivity contribution in [3.05, 3.63) is 24.0 Å². The van der Waals surface area contributed by atoms with Crippen LogP contribution in [0, 0.1) is 5.92 Å². The standard InChI is InChI=1S/C15H25N3/c1-2-17-8-3-4-15(17)11-16-10-13-7-9-18(12-13)14-5-6-14/h3-4,8,13-14,16H,2,5-7,9-12H2,1H3. The van der Waals surface area contributed by atoms with Crippen LogP contribution in [0.3, 0.4) is 0 Å². The van der Waals surface area contributed by atoms with Gasteiger partial charge in [0.25, 0.3) is 0 Å². The third-order valence-corrected chi connectivity index (χ3v) is 4.38. The molecule has 1 atom stereocenters. The molecule has 1 unspecified atom stereocenters. The summed E-state index contributed by atoms with van der Waals surface area (Å²) in [7, 11) is 0. The smallest absolute Gasteiger partial charge is 0.0359 e. The Balaban J connectivity index is 1.39. The summed E-state index contributed by atoms with van der Waals surface area (Å²) < 4.78 is 2.32. The largest absolute Gasteiger partial charge is 0.351 e. The Labute approximate surface area is 110 Å². The van der Waals surface area contributed by atoms with Crippen LogP contribution < -0.4 is 5.32 Å². The highest BCUT2D eigenvalue weighted by Gasteiger charge is 2.33. The van der Waals surface area contributed by atoms with Crippen molar-refractivity contribution in [1.29, 1.82) is 0 Å². The van der Waals surface area contributed by atoms with Crippen molar-refractivity contribution >= 4 is 0 Å². The van der Waals surface area contributed by atoms with Crippen LogP contribution in [0.1, 0.15) is 31.9 Å². The number of hydrogen-bond donors (Lipinski definition) is 1. The molecule has 18 heavy (non-hydrogen) atoms. The minimum absolute atomic E-state index is 0.871. The molecule has 1 aromatic rings. The van der Waals surface area contributed by atoms with E-state index < -0.39 is 0 Å². The Kier molecular flexibility index (Phi) is 3.71. The predicted molar refractivity (Wildman–Crippen MR) is 74.5 cm³/mol. The zero-order chi connectivity index (χ0) is 12.4. The van der Waals surface area contributed by atoms with Crippen molar-refractivity contribution in [2.45, 2.75) is 45.3 Å². The van der Waals surface area contributed by atoms with Gasteiger partial charge in [0.15, 0.2) is 0 Å². The summed E-state index contributed by atoms with van der Waals surface area (Å²) in [6.45, 7) is 8.13. The van der Waals surface area contributed by atoms with Crippen molar-refractivity contribution in [3.63, 3.8) is 0 Å². The number of nitrogens with zero attached hydrogens (tertiary/aromatic N) is 2. The number of rotatable bonds is 6. The first-order valence-electron chi connectivity index (χ1n) is 7.45. The molecule has 1 aliphatic heterocycles. The summed E-state index contributed by atoms with van der Waals surface area (Å²) in [4.78, 5) is 2.70. The number of nitrogens with one attached hydrogen (secondary N) is 1. The van der Waals surface area contributed by atoms with E-state index in [0.29, 0.717) is 0 Å². The molecule has 1 saturated heterocycles. The van der Waals surface area contributed by atoms with Gasteiger partial charge in [0.1, 0.15) is 0 Å². The number of likely N-dealkylation sites (tertiary alicyclic amines) is 1. The lowest BCUT2D eigenvalue weighted by atomic mass is 10.1. The minimum atomic E-state index is 0.871. The highest BCUT2D eigenvalue weighted by molar-refractivity contribution is 5.06. The van der Waals surface area contributed by atoms with Crippen LogP contribution in [0.2, 0.25) is 0 Å². The molecule has 1 N–H and O–H groups in total. The van der Waals surface area contributed by atoms with E-state index in [1.807, 2.05) is 0 Å². The fraction of sp³-hybridized carbons (Fsp3) is 0.733. The van der Waals surface area contributed by atoms with Gasteiger partial charge in [0.2, 0.25) is 0 Å². The zero-order valence-electron chi connectivity index (χ0n) is 11.4. The molecule has 0 bridgehead atoms. The fourth-order valence-corrected chi connectivity index (χ4v) is 3.12. The summed E-state index contributed by atoms with van der Waals surface area (Å²) in [5, 5.41) is 3.64. The molecule has 2 heterocycles. The number of aromatic nitrogens is 1. The van der Waals surface area contributed by atoms with E-state index in [9.17, 15) is 0 Å². The van der Waals surface area contributed by atoms with Gasteiger partial charge in [-0.2, -0.15) is 0 Å². The molecule has 100 valence electrons. The maximum Gasteiger partial charge on any atom is 0.0359 e. The van der Waals surface area contributed by atoms with Crippen LogP contribution in [0.4, 0.5) is 0 Å². The number of hydrogen-bond acceptors (Lipinski definition) is 2. The first-order chi connectivity index (χ1) is 8.86. The summed E-state index contributed by atoms with van der Waals surface area (Å²) in [5.74, 6) is 0.871. The lowest BCUT2D eigenvalue weighted by molar-refractivity contribution is 0.311. The molecule has 1 aliphatic carbocycles. The Morgan fingerprint density at radius 3 is 3.00 bits per heavy atom. The topological polar surface area (TPSA) is 20.2 Å². The van der Waals surface area contributed by atoms with Gasteiger partial charge in [0.05, 0.1) is 0 Å². The molecular weight excluding hydrogens is 222 g/mol. The molecule has 1 aromatic heterocycles. The Hall–Kier alpha value is -0.800. The monoisotopic (exact) mass is 247 g/mol. The molecule has 3 nitrogen and oxygen atoms in total. The second-order valence-electron chi connectivity index (χ2n) is 5.80. The molecule has 1 saturated carbocycles. The van der Waals surface area contributed by atoms with Gasteiger partial charge in [-0.15, -0.1) is 0 Å². The minimum Gasteiger partial charge on any atom is -0.351 e. The summed E-state index contributed by atoms with van der Waals surface area (Å²) in [5.41, 5.74) is 1.41. The molecule has 2 aliphatic rings. The van der Waals surface area contributed by atoms with Crippen LogP contribution in [0.15, 0.2) is 18.3 Å². The fourth-order valence-electron chi connectivity index (χ4n) is 3.12. The van der Waals surface area contributed by atoms with Crippen LogP contribution in [0.5, 0.6) is 0 Å². The van der Waals surface area contributed by atoms with Crippen molar-refractivity contribution in [2.24, 2.45) is 5.92 Å². The predicted octanol–water partition coefficient (Wildman–Crippen LogP) is 2.08. The van der Waals surface area contributed by atoms with Crippen molar-refractivity contribution < 1.29 is 0 Å². The normalized spacial score (nSPS) is 24.8. The first-order valence-corrected chi connectivity index (χ1v) is 7.45. The highest BCUT2D eigenvalue weighted by atomic mass is 15.2. The van der Waals surface area contributed by atoms with E-state index in [1.165, 1.54) is 44.6 Å². The third-order valence-electron chi connectivity index (χ3n) is 4.38. The summed E-state index contributed by atoms with van der Waals surface area (Å²) in [6.07, 6.45) is 6.45. The molecule has 0 amide bonds. The lowest BCUT2D eigenvalue weighted by Crippen LogP contribution is -2.27. The summed E-state index contributed by atoms with van der Waals surface area (Å²) in [6, 6.07) is 5.32. The molecule has 0 radical (unpaired) electrons. The second-order valence-corrected chi connectivity index (χ2v) is 5.80. The lowest BCUT2D eigenvalue weighted by Gasteiger charge is -2.15. The Morgan fingerprint density at radius 2 is 2.22 bits per heavy atom. The van der Waals surface area contributed by atoms with Crippen molar-refractivity contribution in [1.82, 2.24) is 14.8 Å². The van der Waals surface area contributed by atoms with Crippen molar-refractivity contribution in [2.75, 3.05) is 19.6 Å². The maximum atomic E-state index is 3.64. The molecule has 0 aromatic carbocycles. The van der Waals surface area contributed by atoms with Gasteiger partial charge in [-0.25, -0.2) is 0 Å². The summed E-state index contributed by atoms with van der Waals surface area (Å²) >= 11 is 0. The highest BCUT2D eigenvalue weighted by Crippen LogP contribution is 2.31. The van der Waals surface area contributed by atoms with Crippen molar-refractivity contribution in [3.8, 4) is 0 Å². The maximum absolute atomic E-state index is 3.64. The van der Waals surface area contributed by atoms with Gasteiger partial charge in [-0.1, -0.05) is 0 Å². The van der Waals surface area contributed by atoms with Gasteiger partial charge < -0.3 is 14.8 Å². The third kappa shape index (κ3) is 2.78. The molecule has 0 spiro atoms. The second kappa shape index (κ2) is 5.45. The quantitative estimate of drug-likeness (QED) is 0.830. The van der Waals surface area contributed by atoms with Crippen LogP contribution in [-0.2, 0) is 13.1 Å². The number of aryl methyl sites for hydroxylation is 1. The van der Waals surface area contributed by atoms with Gasteiger partial charge in [-0.05, 0) is 57.3 Å². The molecule has 3 rings (SSSR count). The average Bonchev–Trinajstić information content (AvgIpc) is 2.96. The van der Waals surface area contributed by atoms with E-state index in [0.717, 1.165) is 25.0 Å². The average molecular weight is 247 g/mol. The zero-order valence-corrected chi connectivity index (χ0v) is 11.4. The van der Waals surface area contributed by atoms with Gasteiger partial charge >= 0.3 is 0 Å². The SMILES string of the molecule is CCn1cccc1CNCC1CCN(C2CC2)C1. The van der Waals surface area contributed by atoms with Crippen LogP contribution in [-0.4, -0.2) is 35.1 Å². The molecule has 3 heteroatoms. The van der Waals surface area contributed by atoms with Gasteiger partial charge in [0, 0.05) is 37.6 Å².